The molecule has 0 aromatic heterocycles. The number of carboxylic acids is 1. The molecule has 5 heteroatoms. The second-order valence-corrected chi connectivity index (χ2v) is 4.83. The minimum absolute atomic E-state index is 0.352. The fourth-order valence-electron chi connectivity index (χ4n) is 1.07. The lowest BCUT2D eigenvalue weighted by atomic mass is 10.1. The highest BCUT2D eigenvalue weighted by molar-refractivity contribution is 9.11. The Morgan fingerprint density at radius 2 is 1.81 bits per heavy atom. The summed E-state index contributed by atoms with van der Waals surface area (Å²) in [5.41, 5.74) is 1.42. The Labute approximate surface area is 109 Å². The van der Waals surface area contributed by atoms with E-state index >= 15 is 0 Å². The summed E-state index contributed by atoms with van der Waals surface area (Å²) in [7, 11) is 0. The van der Waals surface area contributed by atoms with Crippen LogP contribution in [-0.2, 0) is 4.79 Å². The molecule has 0 aliphatic heterocycles. The van der Waals surface area contributed by atoms with Gasteiger partial charge in [0.15, 0.2) is 5.78 Å². The Balaban J connectivity index is 3.09. The molecule has 0 unspecified atom stereocenters. The molecule has 0 radical (unpaired) electrons. The standard InChI is InChI=1S/C11H8Br2O3/c1-6-4-9(13)7(5-8(6)12)10(14)2-3-11(15)16/h2-5H,1H3,(H,15,16)/b3-2+. The van der Waals surface area contributed by atoms with Gasteiger partial charge in [0.25, 0.3) is 0 Å². The zero-order valence-corrected chi connectivity index (χ0v) is 11.5. The minimum Gasteiger partial charge on any atom is -0.478 e. The smallest absolute Gasteiger partial charge is 0.328 e. The first-order valence-corrected chi connectivity index (χ1v) is 5.91. The number of ketones is 1. The maximum absolute atomic E-state index is 11.6. The molecule has 0 spiro atoms. The quantitative estimate of drug-likeness (QED) is 0.673. The van der Waals surface area contributed by atoms with Crippen molar-refractivity contribution in [3.8, 4) is 0 Å². The highest BCUT2D eigenvalue weighted by Crippen LogP contribution is 2.26. The Bertz CT molecular complexity index is 478. The van der Waals surface area contributed by atoms with Crippen molar-refractivity contribution in [3.05, 3.63) is 44.4 Å². The van der Waals surface area contributed by atoms with Crippen LogP contribution in [0.3, 0.4) is 0 Å². The molecule has 84 valence electrons. The van der Waals surface area contributed by atoms with Crippen LogP contribution >= 0.6 is 31.9 Å². The van der Waals surface area contributed by atoms with Crippen LogP contribution in [0.15, 0.2) is 33.2 Å². The van der Waals surface area contributed by atoms with E-state index in [1.54, 1.807) is 12.1 Å². The van der Waals surface area contributed by atoms with E-state index in [4.69, 9.17) is 5.11 Å². The van der Waals surface area contributed by atoms with Crippen LogP contribution in [0.5, 0.6) is 0 Å². The van der Waals surface area contributed by atoms with Crippen molar-refractivity contribution in [2.75, 3.05) is 0 Å². The van der Waals surface area contributed by atoms with Crippen LogP contribution in [0.25, 0.3) is 0 Å². The molecule has 0 aliphatic carbocycles. The van der Waals surface area contributed by atoms with E-state index < -0.39 is 5.97 Å². The molecule has 1 rings (SSSR count). The largest absolute Gasteiger partial charge is 0.478 e. The highest BCUT2D eigenvalue weighted by Gasteiger charge is 2.09. The first-order chi connectivity index (χ1) is 7.41. The number of hydrogen-bond acceptors (Lipinski definition) is 2. The molecule has 1 aromatic carbocycles. The number of hydrogen-bond donors (Lipinski definition) is 1. The lowest BCUT2D eigenvalue weighted by Gasteiger charge is -2.04. The van der Waals surface area contributed by atoms with Gasteiger partial charge >= 0.3 is 5.97 Å². The number of carbonyl (C=O) groups is 2. The summed E-state index contributed by atoms with van der Waals surface area (Å²) in [6, 6.07) is 3.46. The monoisotopic (exact) mass is 346 g/mol. The number of carboxylic acid groups (broad SMARTS) is 1. The molecule has 0 fully saturated rings. The van der Waals surface area contributed by atoms with E-state index in [0.29, 0.717) is 10.0 Å². The number of aliphatic carboxylic acids is 1. The predicted octanol–water partition coefficient (Wildman–Crippen LogP) is 3.34. The van der Waals surface area contributed by atoms with Crippen molar-refractivity contribution in [3.63, 3.8) is 0 Å². The van der Waals surface area contributed by atoms with Crippen molar-refractivity contribution >= 4 is 43.6 Å². The molecule has 0 amide bonds. The lowest BCUT2D eigenvalue weighted by molar-refractivity contribution is -0.131. The fourth-order valence-corrected chi connectivity index (χ4v) is 2.07. The lowest BCUT2D eigenvalue weighted by Crippen LogP contribution is -1.98. The van der Waals surface area contributed by atoms with E-state index in [0.717, 1.165) is 22.2 Å². The fraction of sp³-hybridized carbons (Fsp3) is 0.0909. The number of benzene rings is 1. The molecule has 16 heavy (non-hydrogen) atoms. The van der Waals surface area contributed by atoms with Crippen LogP contribution in [0.2, 0.25) is 0 Å². The van der Waals surface area contributed by atoms with Crippen LogP contribution in [0.1, 0.15) is 15.9 Å². The molecular weight excluding hydrogens is 340 g/mol. The van der Waals surface area contributed by atoms with Crippen molar-refractivity contribution in [2.24, 2.45) is 0 Å². The highest BCUT2D eigenvalue weighted by atomic mass is 79.9. The van der Waals surface area contributed by atoms with Gasteiger partial charge in [0, 0.05) is 20.6 Å². The number of halogens is 2. The maximum Gasteiger partial charge on any atom is 0.328 e. The zero-order valence-electron chi connectivity index (χ0n) is 8.33. The van der Waals surface area contributed by atoms with Gasteiger partial charge in [0.05, 0.1) is 0 Å². The second kappa shape index (κ2) is 5.41. The third kappa shape index (κ3) is 3.28. The molecule has 1 N–H and O–H groups in total. The van der Waals surface area contributed by atoms with Gasteiger partial charge in [-0.1, -0.05) is 31.9 Å². The van der Waals surface area contributed by atoms with Crippen LogP contribution < -0.4 is 0 Å². The molecule has 0 saturated heterocycles. The summed E-state index contributed by atoms with van der Waals surface area (Å²) in [5.74, 6) is -1.49. The third-order valence-electron chi connectivity index (χ3n) is 1.89. The molecule has 0 saturated carbocycles. The van der Waals surface area contributed by atoms with Crippen molar-refractivity contribution in [1.29, 1.82) is 0 Å². The Kier molecular flexibility index (Phi) is 4.44. The van der Waals surface area contributed by atoms with Gasteiger partial charge in [0.1, 0.15) is 0 Å². The SMILES string of the molecule is Cc1cc(Br)c(C(=O)/C=C/C(=O)O)cc1Br. The van der Waals surface area contributed by atoms with Crippen molar-refractivity contribution in [1.82, 2.24) is 0 Å². The summed E-state index contributed by atoms with van der Waals surface area (Å²) < 4.78 is 1.45. The van der Waals surface area contributed by atoms with Crippen LogP contribution in [0, 0.1) is 6.92 Å². The molecule has 1 aromatic rings. The van der Waals surface area contributed by atoms with Gasteiger partial charge in [0.2, 0.25) is 0 Å². The van der Waals surface area contributed by atoms with Crippen LogP contribution in [0.4, 0.5) is 0 Å². The Morgan fingerprint density at radius 1 is 1.19 bits per heavy atom. The van der Waals surface area contributed by atoms with E-state index in [1.807, 2.05) is 6.92 Å². The summed E-state index contributed by atoms with van der Waals surface area (Å²) in [6.07, 6.45) is 1.85. The summed E-state index contributed by atoms with van der Waals surface area (Å²) >= 11 is 6.58. The van der Waals surface area contributed by atoms with Gasteiger partial charge in [-0.25, -0.2) is 4.79 Å². The summed E-state index contributed by atoms with van der Waals surface area (Å²) in [4.78, 5) is 21.9. The third-order valence-corrected chi connectivity index (χ3v) is 3.40. The topological polar surface area (TPSA) is 54.4 Å². The zero-order chi connectivity index (χ0) is 12.3. The first kappa shape index (κ1) is 13.1. The normalized spacial score (nSPS) is 10.7. The molecule has 0 atom stereocenters. The van der Waals surface area contributed by atoms with Gasteiger partial charge in [-0.2, -0.15) is 0 Å². The molecule has 3 nitrogen and oxygen atoms in total. The number of allylic oxidation sites excluding steroid dienone is 1. The van der Waals surface area contributed by atoms with Crippen molar-refractivity contribution in [2.45, 2.75) is 6.92 Å². The van der Waals surface area contributed by atoms with Gasteiger partial charge in [-0.3, -0.25) is 4.79 Å². The average Bonchev–Trinajstić information content (AvgIpc) is 2.20. The summed E-state index contributed by atoms with van der Waals surface area (Å²) in [6.45, 7) is 1.90. The number of carbonyl (C=O) groups excluding carboxylic acids is 1. The van der Waals surface area contributed by atoms with E-state index in [9.17, 15) is 9.59 Å². The van der Waals surface area contributed by atoms with Gasteiger partial charge in [-0.15, -0.1) is 0 Å². The Morgan fingerprint density at radius 3 is 2.38 bits per heavy atom. The van der Waals surface area contributed by atoms with Gasteiger partial charge in [-0.05, 0) is 30.7 Å². The predicted molar refractivity (Wildman–Crippen MR) is 67.7 cm³/mol. The second-order valence-electron chi connectivity index (χ2n) is 3.12. The van der Waals surface area contributed by atoms with E-state index in [-0.39, 0.29) is 5.78 Å². The molecular formula is C11H8Br2O3. The van der Waals surface area contributed by atoms with Gasteiger partial charge < -0.3 is 5.11 Å². The van der Waals surface area contributed by atoms with E-state index in [1.165, 1.54) is 0 Å². The van der Waals surface area contributed by atoms with Crippen LogP contribution in [-0.4, -0.2) is 16.9 Å². The molecule has 0 bridgehead atoms. The van der Waals surface area contributed by atoms with Crippen molar-refractivity contribution < 1.29 is 14.7 Å². The Hall–Kier alpha value is -0.940. The van der Waals surface area contributed by atoms with E-state index in [2.05, 4.69) is 31.9 Å². The summed E-state index contributed by atoms with van der Waals surface area (Å²) in [5, 5.41) is 8.42. The molecule has 0 heterocycles. The molecule has 0 aliphatic rings. The first-order valence-electron chi connectivity index (χ1n) is 4.33. The number of rotatable bonds is 3. The number of aryl methyl sites for hydroxylation is 1. The average molecular weight is 348 g/mol. The minimum atomic E-state index is -1.14. The maximum atomic E-state index is 11.6.